The van der Waals surface area contributed by atoms with Crippen LogP contribution in [0.2, 0.25) is 5.02 Å². The van der Waals surface area contributed by atoms with Crippen LogP contribution in [0.3, 0.4) is 0 Å². The Morgan fingerprint density at radius 3 is 2.69 bits per heavy atom. The van der Waals surface area contributed by atoms with Gasteiger partial charge in [-0.1, -0.05) is 37.6 Å². The molecule has 0 aliphatic carbocycles. The lowest BCUT2D eigenvalue weighted by atomic mass is 10.1. The topological polar surface area (TPSA) is 84.0 Å². The van der Waals surface area contributed by atoms with Gasteiger partial charge in [0.2, 0.25) is 5.91 Å². The van der Waals surface area contributed by atoms with Crippen molar-refractivity contribution in [3.8, 4) is 11.4 Å². The van der Waals surface area contributed by atoms with Gasteiger partial charge in [-0.15, -0.1) is 0 Å². The van der Waals surface area contributed by atoms with Gasteiger partial charge in [-0.3, -0.25) is 14.6 Å². The second-order valence-electron chi connectivity index (χ2n) is 6.53. The second kappa shape index (κ2) is 9.11. The maximum atomic E-state index is 13.3. The molecule has 0 saturated carbocycles. The highest BCUT2D eigenvalue weighted by Gasteiger charge is 2.24. The van der Waals surface area contributed by atoms with Gasteiger partial charge in [0.15, 0.2) is 0 Å². The molecule has 0 atom stereocenters. The number of nitrogens with zero attached hydrogens (tertiary/aromatic N) is 2. The van der Waals surface area contributed by atoms with E-state index in [9.17, 15) is 14.0 Å². The van der Waals surface area contributed by atoms with Gasteiger partial charge in [0.1, 0.15) is 16.4 Å². The highest BCUT2D eigenvalue weighted by molar-refractivity contribution is 7.09. The van der Waals surface area contributed by atoms with E-state index in [2.05, 4.69) is 20.0 Å². The minimum absolute atomic E-state index is 0.0168. The summed E-state index contributed by atoms with van der Waals surface area (Å²) < 4.78 is 17.6. The third-order valence-electron chi connectivity index (χ3n) is 4.02. The molecule has 29 heavy (non-hydrogen) atoms. The molecule has 3 aromatic rings. The van der Waals surface area contributed by atoms with Crippen molar-refractivity contribution in [2.45, 2.75) is 20.4 Å². The number of hydrogen-bond acceptors (Lipinski definition) is 5. The van der Waals surface area contributed by atoms with Crippen molar-refractivity contribution in [1.29, 1.82) is 0 Å². The van der Waals surface area contributed by atoms with Gasteiger partial charge in [-0.25, -0.2) is 4.39 Å². The van der Waals surface area contributed by atoms with Crippen LogP contribution in [-0.4, -0.2) is 21.2 Å². The quantitative estimate of drug-likeness (QED) is 0.599. The van der Waals surface area contributed by atoms with Crippen LogP contribution < -0.4 is 10.6 Å². The molecule has 6 nitrogen and oxygen atoms in total. The highest BCUT2D eigenvalue weighted by atomic mass is 35.5. The van der Waals surface area contributed by atoms with Crippen LogP contribution in [0.5, 0.6) is 0 Å². The second-order valence-corrected chi connectivity index (χ2v) is 7.71. The molecule has 0 fully saturated rings. The fourth-order valence-corrected chi connectivity index (χ4v) is 3.38. The zero-order chi connectivity index (χ0) is 21.0. The third kappa shape index (κ3) is 4.96. The minimum atomic E-state index is -0.525. The van der Waals surface area contributed by atoms with E-state index in [1.54, 1.807) is 38.2 Å². The summed E-state index contributed by atoms with van der Waals surface area (Å²) in [6.07, 6.45) is 1.61. The number of amides is 2. The van der Waals surface area contributed by atoms with Gasteiger partial charge in [-0.2, -0.15) is 4.37 Å². The van der Waals surface area contributed by atoms with Gasteiger partial charge >= 0.3 is 0 Å². The molecule has 0 unspecified atom stereocenters. The first kappa shape index (κ1) is 20.9. The number of nitrogens with one attached hydrogen (secondary N) is 2. The summed E-state index contributed by atoms with van der Waals surface area (Å²) >= 11 is 6.75. The fraction of sp³-hybridized carbons (Fsp3) is 0.200. The van der Waals surface area contributed by atoms with E-state index in [4.69, 9.17) is 11.6 Å². The lowest BCUT2D eigenvalue weighted by Gasteiger charge is -2.11. The van der Waals surface area contributed by atoms with Crippen molar-refractivity contribution < 1.29 is 14.0 Å². The molecule has 2 amide bonds. The van der Waals surface area contributed by atoms with E-state index in [-0.39, 0.29) is 28.3 Å². The first-order chi connectivity index (χ1) is 13.9. The predicted octanol–water partition coefficient (Wildman–Crippen LogP) is 4.52. The summed E-state index contributed by atoms with van der Waals surface area (Å²) in [6.45, 7) is 3.66. The zero-order valence-corrected chi connectivity index (χ0v) is 17.3. The summed E-state index contributed by atoms with van der Waals surface area (Å²) in [5, 5.41) is 5.52. The van der Waals surface area contributed by atoms with Gasteiger partial charge < -0.3 is 10.6 Å². The van der Waals surface area contributed by atoms with E-state index in [0.717, 1.165) is 11.5 Å². The molecule has 0 radical (unpaired) electrons. The monoisotopic (exact) mass is 432 g/mol. The van der Waals surface area contributed by atoms with Crippen molar-refractivity contribution in [1.82, 2.24) is 14.7 Å². The van der Waals surface area contributed by atoms with E-state index < -0.39 is 11.7 Å². The van der Waals surface area contributed by atoms with Crippen LogP contribution >= 0.6 is 23.1 Å². The first-order valence-electron chi connectivity index (χ1n) is 8.81. The average molecular weight is 433 g/mol. The third-order valence-corrected chi connectivity index (χ3v) is 5.15. The molecule has 1 aromatic carbocycles. The molecular weight excluding hydrogens is 415 g/mol. The van der Waals surface area contributed by atoms with Gasteiger partial charge in [-0.05, 0) is 41.4 Å². The van der Waals surface area contributed by atoms with Gasteiger partial charge in [0.25, 0.3) is 5.91 Å². The molecule has 2 heterocycles. The summed E-state index contributed by atoms with van der Waals surface area (Å²) in [5.41, 5.74) is 1.95. The molecule has 9 heteroatoms. The van der Waals surface area contributed by atoms with E-state index in [1.165, 1.54) is 18.2 Å². The molecular formula is C20H18ClFN4O2S. The Kier molecular flexibility index (Phi) is 6.56. The molecule has 0 saturated heterocycles. The lowest BCUT2D eigenvalue weighted by molar-refractivity contribution is -0.118. The zero-order valence-electron chi connectivity index (χ0n) is 15.7. The number of benzene rings is 1. The molecule has 2 aromatic heterocycles. The Morgan fingerprint density at radius 2 is 2.03 bits per heavy atom. The van der Waals surface area contributed by atoms with Crippen LogP contribution in [0.4, 0.5) is 10.1 Å². The SMILES string of the molecule is CC(C)C(=O)Nc1c(-c2ccccn2)nsc1C(=O)NCc1ccc(F)c(Cl)c1. The number of carbonyl (C=O) groups is 2. The first-order valence-corrected chi connectivity index (χ1v) is 9.96. The van der Waals surface area contributed by atoms with Crippen LogP contribution in [0.15, 0.2) is 42.6 Å². The van der Waals surface area contributed by atoms with Crippen molar-refractivity contribution in [3.63, 3.8) is 0 Å². The van der Waals surface area contributed by atoms with Crippen molar-refractivity contribution >= 4 is 40.6 Å². The van der Waals surface area contributed by atoms with Crippen LogP contribution in [0, 0.1) is 11.7 Å². The molecule has 2 N–H and O–H groups in total. The van der Waals surface area contributed by atoms with E-state index in [0.29, 0.717) is 22.6 Å². The standard InChI is InChI=1S/C20H18ClFN4O2S/c1-11(2)19(27)25-17-16(15-5-3-4-8-23-15)26-29-18(17)20(28)24-10-12-6-7-14(22)13(21)9-12/h3-9,11H,10H2,1-2H3,(H,24,28)(H,25,27). The Balaban J connectivity index is 1.87. The number of anilines is 1. The number of aromatic nitrogens is 2. The number of halogens is 2. The Labute approximate surface area is 176 Å². The van der Waals surface area contributed by atoms with Gasteiger partial charge in [0, 0.05) is 18.7 Å². The smallest absolute Gasteiger partial charge is 0.265 e. The summed E-state index contributed by atoms with van der Waals surface area (Å²) in [7, 11) is 0. The van der Waals surface area contributed by atoms with Crippen molar-refractivity contribution in [3.05, 3.63) is 63.9 Å². The maximum Gasteiger partial charge on any atom is 0.265 e. The Bertz CT molecular complexity index is 1040. The molecule has 0 spiro atoms. The summed E-state index contributed by atoms with van der Waals surface area (Å²) in [4.78, 5) is 29.6. The van der Waals surface area contributed by atoms with Crippen LogP contribution in [0.1, 0.15) is 29.1 Å². The lowest BCUT2D eigenvalue weighted by Crippen LogP contribution is -2.25. The van der Waals surface area contributed by atoms with Crippen LogP contribution in [-0.2, 0) is 11.3 Å². The van der Waals surface area contributed by atoms with E-state index in [1.807, 2.05) is 0 Å². The van der Waals surface area contributed by atoms with Gasteiger partial charge in [0.05, 0.1) is 16.4 Å². The average Bonchev–Trinajstić information content (AvgIpc) is 3.12. The summed E-state index contributed by atoms with van der Waals surface area (Å²) in [5.74, 6) is -1.45. The maximum absolute atomic E-state index is 13.3. The normalized spacial score (nSPS) is 10.8. The predicted molar refractivity (Wildman–Crippen MR) is 111 cm³/mol. The Hall–Kier alpha value is -2.84. The fourth-order valence-electron chi connectivity index (χ4n) is 2.42. The number of carbonyl (C=O) groups excluding carboxylic acids is 2. The number of rotatable bonds is 6. The minimum Gasteiger partial charge on any atom is -0.347 e. The molecule has 0 aliphatic rings. The largest absolute Gasteiger partial charge is 0.347 e. The van der Waals surface area contributed by atoms with E-state index >= 15 is 0 Å². The number of hydrogen-bond donors (Lipinski definition) is 2. The van der Waals surface area contributed by atoms with Crippen molar-refractivity contribution in [2.24, 2.45) is 5.92 Å². The summed E-state index contributed by atoms with van der Waals surface area (Å²) in [6, 6.07) is 9.54. The molecule has 150 valence electrons. The molecule has 0 aliphatic heterocycles. The Morgan fingerprint density at radius 1 is 1.24 bits per heavy atom. The molecule has 3 rings (SSSR count). The number of pyridine rings is 1. The highest BCUT2D eigenvalue weighted by Crippen LogP contribution is 2.32. The van der Waals surface area contributed by atoms with Crippen molar-refractivity contribution in [2.75, 3.05) is 5.32 Å². The molecule has 0 bridgehead atoms. The van der Waals surface area contributed by atoms with Crippen LogP contribution in [0.25, 0.3) is 11.4 Å².